The summed E-state index contributed by atoms with van der Waals surface area (Å²) in [4.78, 5) is 4.40. The van der Waals surface area contributed by atoms with Crippen molar-refractivity contribution in [1.82, 2.24) is 4.98 Å². The van der Waals surface area contributed by atoms with Crippen molar-refractivity contribution in [3.63, 3.8) is 0 Å². The smallest absolute Gasteiger partial charge is 0.248 e. The molecule has 1 unspecified atom stereocenters. The van der Waals surface area contributed by atoms with E-state index >= 15 is 0 Å². The van der Waals surface area contributed by atoms with E-state index < -0.39 is 5.92 Å². The van der Waals surface area contributed by atoms with Gasteiger partial charge in [-0.1, -0.05) is 24.3 Å². The van der Waals surface area contributed by atoms with Crippen LogP contribution in [0, 0.1) is 5.92 Å². The Kier molecular flexibility index (Phi) is 3.42. The number of aromatic nitrogens is 1. The summed E-state index contributed by atoms with van der Waals surface area (Å²) in [5.41, 5.74) is 8.20. The third-order valence-electron chi connectivity index (χ3n) is 4.29. The van der Waals surface area contributed by atoms with Gasteiger partial charge in [-0.3, -0.25) is 4.98 Å². The molecular formula is C16H18F2N2. The molecule has 1 aromatic carbocycles. The van der Waals surface area contributed by atoms with Crippen LogP contribution >= 0.6 is 0 Å². The van der Waals surface area contributed by atoms with Gasteiger partial charge in [0.15, 0.2) is 0 Å². The number of alkyl halides is 2. The molecule has 0 radical (unpaired) electrons. The zero-order valence-electron chi connectivity index (χ0n) is 11.2. The largest absolute Gasteiger partial charge is 0.324 e. The lowest BCUT2D eigenvalue weighted by Crippen LogP contribution is -2.31. The fourth-order valence-corrected chi connectivity index (χ4v) is 3.07. The van der Waals surface area contributed by atoms with Gasteiger partial charge in [0.2, 0.25) is 5.92 Å². The summed E-state index contributed by atoms with van der Waals surface area (Å²) in [6, 6.07) is 9.58. The first-order valence-electron chi connectivity index (χ1n) is 7.04. The van der Waals surface area contributed by atoms with Gasteiger partial charge in [-0.15, -0.1) is 0 Å². The molecule has 2 aromatic rings. The lowest BCUT2D eigenvalue weighted by Gasteiger charge is -2.32. The van der Waals surface area contributed by atoms with E-state index in [0.717, 1.165) is 16.5 Å². The number of hydrogen-bond acceptors (Lipinski definition) is 2. The maximum Gasteiger partial charge on any atom is 0.248 e. The van der Waals surface area contributed by atoms with Crippen LogP contribution in [0.15, 0.2) is 36.5 Å². The van der Waals surface area contributed by atoms with Gasteiger partial charge in [-0.2, -0.15) is 0 Å². The zero-order chi connectivity index (χ0) is 14.2. The molecule has 0 bridgehead atoms. The van der Waals surface area contributed by atoms with Gasteiger partial charge >= 0.3 is 0 Å². The maximum absolute atomic E-state index is 13.2. The molecule has 0 aliphatic heterocycles. The van der Waals surface area contributed by atoms with Crippen LogP contribution in [-0.2, 0) is 0 Å². The van der Waals surface area contributed by atoms with Gasteiger partial charge in [0.1, 0.15) is 0 Å². The van der Waals surface area contributed by atoms with Crippen LogP contribution in [0.1, 0.15) is 37.3 Å². The SMILES string of the molecule is NC(c1cccc2cccnc12)C1CCC(F)(F)CC1. The molecule has 1 atom stereocenters. The zero-order valence-corrected chi connectivity index (χ0v) is 11.2. The lowest BCUT2D eigenvalue weighted by molar-refractivity contribution is -0.0483. The van der Waals surface area contributed by atoms with Crippen LogP contribution < -0.4 is 5.73 Å². The second-order valence-electron chi connectivity index (χ2n) is 5.64. The first kappa shape index (κ1) is 13.4. The normalized spacial score (nSPS) is 20.9. The van der Waals surface area contributed by atoms with Gasteiger partial charge in [-0.25, -0.2) is 8.78 Å². The van der Waals surface area contributed by atoms with Crippen molar-refractivity contribution in [2.24, 2.45) is 11.7 Å². The molecule has 0 saturated heterocycles. The quantitative estimate of drug-likeness (QED) is 0.898. The van der Waals surface area contributed by atoms with Crippen molar-refractivity contribution in [2.75, 3.05) is 0 Å². The molecule has 2 N–H and O–H groups in total. The highest BCUT2D eigenvalue weighted by molar-refractivity contribution is 5.82. The van der Waals surface area contributed by atoms with Crippen molar-refractivity contribution < 1.29 is 8.78 Å². The number of rotatable bonds is 2. The summed E-state index contributed by atoms with van der Waals surface area (Å²) in [5, 5.41) is 1.04. The number of nitrogens with zero attached hydrogens (tertiary/aromatic N) is 1. The summed E-state index contributed by atoms with van der Waals surface area (Å²) in [5.74, 6) is -2.39. The van der Waals surface area contributed by atoms with Gasteiger partial charge in [0.25, 0.3) is 0 Å². The second-order valence-corrected chi connectivity index (χ2v) is 5.64. The monoisotopic (exact) mass is 276 g/mol. The molecule has 1 aromatic heterocycles. The number of benzene rings is 1. The van der Waals surface area contributed by atoms with E-state index in [4.69, 9.17) is 5.73 Å². The van der Waals surface area contributed by atoms with Gasteiger partial charge in [0.05, 0.1) is 5.52 Å². The van der Waals surface area contributed by atoms with E-state index in [0.29, 0.717) is 12.8 Å². The Morgan fingerprint density at radius 3 is 2.60 bits per heavy atom. The third-order valence-corrected chi connectivity index (χ3v) is 4.29. The van der Waals surface area contributed by atoms with E-state index in [-0.39, 0.29) is 24.8 Å². The predicted molar refractivity (Wildman–Crippen MR) is 75.6 cm³/mol. The van der Waals surface area contributed by atoms with Crippen molar-refractivity contribution in [1.29, 1.82) is 0 Å². The molecule has 1 aliphatic rings. The van der Waals surface area contributed by atoms with Crippen LogP contribution in [-0.4, -0.2) is 10.9 Å². The highest BCUT2D eigenvalue weighted by atomic mass is 19.3. The Balaban J connectivity index is 1.88. The Morgan fingerprint density at radius 1 is 1.15 bits per heavy atom. The molecular weight excluding hydrogens is 258 g/mol. The molecule has 1 fully saturated rings. The highest BCUT2D eigenvalue weighted by Crippen LogP contribution is 2.41. The minimum atomic E-state index is -2.51. The third kappa shape index (κ3) is 2.52. The fourth-order valence-electron chi connectivity index (χ4n) is 3.07. The number of hydrogen-bond donors (Lipinski definition) is 1. The molecule has 20 heavy (non-hydrogen) atoms. The Labute approximate surface area is 117 Å². The maximum atomic E-state index is 13.2. The molecule has 1 heterocycles. The molecule has 1 saturated carbocycles. The van der Waals surface area contributed by atoms with Gasteiger partial charge in [0, 0.05) is 30.5 Å². The summed E-state index contributed by atoms with van der Waals surface area (Å²) in [7, 11) is 0. The summed E-state index contributed by atoms with van der Waals surface area (Å²) in [6.45, 7) is 0. The minimum absolute atomic E-state index is 0.0520. The van der Waals surface area contributed by atoms with E-state index in [2.05, 4.69) is 4.98 Å². The Bertz CT molecular complexity index is 597. The fraction of sp³-hybridized carbons (Fsp3) is 0.438. The van der Waals surface area contributed by atoms with E-state index in [1.165, 1.54) is 0 Å². The van der Waals surface area contributed by atoms with Crippen molar-refractivity contribution in [3.05, 3.63) is 42.1 Å². The van der Waals surface area contributed by atoms with Crippen molar-refractivity contribution >= 4 is 10.9 Å². The summed E-state index contributed by atoms with van der Waals surface area (Å²) < 4.78 is 26.5. The topological polar surface area (TPSA) is 38.9 Å². The molecule has 1 aliphatic carbocycles. The average molecular weight is 276 g/mol. The molecule has 4 heteroatoms. The predicted octanol–water partition coefficient (Wildman–Crippen LogP) is 4.06. The average Bonchev–Trinajstić information content (AvgIpc) is 2.46. The summed E-state index contributed by atoms with van der Waals surface area (Å²) >= 11 is 0. The van der Waals surface area contributed by atoms with E-state index in [9.17, 15) is 8.78 Å². The van der Waals surface area contributed by atoms with E-state index in [1.807, 2.05) is 30.3 Å². The molecule has 0 amide bonds. The second kappa shape index (κ2) is 5.09. The number of pyridine rings is 1. The number of fused-ring (bicyclic) bond motifs is 1. The van der Waals surface area contributed by atoms with Crippen LogP contribution in [0.5, 0.6) is 0 Å². The van der Waals surface area contributed by atoms with Gasteiger partial charge in [-0.05, 0) is 30.4 Å². The highest BCUT2D eigenvalue weighted by Gasteiger charge is 2.37. The van der Waals surface area contributed by atoms with Crippen molar-refractivity contribution in [2.45, 2.75) is 37.6 Å². The Morgan fingerprint density at radius 2 is 1.85 bits per heavy atom. The number of halogens is 2. The molecule has 3 rings (SSSR count). The minimum Gasteiger partial charge on any atom is -0.324 e. The van der Waals surface area contributed by atoms with Crippen LogP contribution in [0.3, 0.4) is 0 Å². The molecule has 0 spiro atoms. The summed E-state index contributed by atoms with van der Waals surface area (Å²) in [6.07, 6.45) is 2.61. The standard InChI is InChI=1S/C16H18F2N2/c17-16(18)8-6-11(7-9-16)14(19)13-5-1-3-12-4-2-10-20-15(12)13/h1-5,10-11,14H,6-9,19H2. The van der Waals surface area contributed by atoms with Crippen LogP contribution in [0.4, 0.5) is 8.78 Å². The molecule has 106 valence electrons. The number of para-hydroxylation sites is 1. The first-order valence-corrected chi connectivity index (χ1v) is 7.04. The lowest BCUT2D eigenvalue weighted by atomic mass is 9.79. The molecule has 2 nitrogen and oxygen atoms in total. The van der Waals surface area contributed by atoms with Crippen molar-refractivity contribution in [3.8, 4) is 0 Å². The van der Waals surface area contributed by atoms with Crippen LogP contribution in [0.2, 0.25) is 0 Å². The van der Waals surface area contributed by atoms with Gasteiger partial charge < -0.3 is 5.73 Å². The van der Waals surface area contributed by atoms with Crippen LogP contribution in [0.25, 0.3) is 10.9 Å². The number of nitrogens with two attached hydrogens (primary N) is 1. The van der Waals surface area contributed by atoms with E-state index in [1.54, 1.807) is 6.20 Å². The first-order chi connectivity index (χ1) is 9.57. The Hall–Kier alpha value is -1.55.